The van der Waals surface area contributed by atoms with E-state index in [0.29, 0.717) is 6.42 Å². The van der Waals surface area contributed by atoms with Crippen LogP contribution >= 0.6 is 0 Å². The maximum absolute atomic E-state index is 11.8. The molecule has 0 aliphatic carbocycles. The fourth-order valence-electron chi connectivity index (χ4n) is 2.05. The fourth-order valence-corrected chi connectivity index (χ4v) is 2.05. The summed E-state index contributed by atoms with van der Waals surface area (Å²) in [6, 6.07) is -0.447. The van der Waals surface area contributed by atoms with Crippen molar-refractivity contribution in [2.75, 3.05) is 13.1 Å². The molecule has 0 aromatic carbocycles. The van der Waals surface area contributed by atoms with Crippen LogP contribution in [0.4, 0.5) is 4.79 Å². The van der Waals surface area contributed by atoms with Gasteiger partial charge in [-0.2, -0.15) is 0 Å². The van der Waals surface area contributed by atoms with Gasteiger partial charge in [-0.3, -0.25) is 9.59 Å². The molecule has 0 aromatic heterocycles. The molecule has 0 bridgehead atoms. The van der Waals surface area contributed by atoms with Crippen molar-refractivity contribution < 1.29 is 29.3 Å². The van der Waals surface area contributed by atoms with Gasteiger partial charge in [0.25, 0.3) is 5.91 Å². The zero-order valence-electron chi connectivity index (χ0n) is 12.5. The van der Waals surface area contributed by atoms with Gasteiger partial charge in [0, 0.05) is 19.0 Å². The number of aliphatic carboxylic acids is 1. The van der Waals surface area contributed by atoms with Crippen LogP contribution in [0.25, 0.3) is 0 Å². The van der Waals surface area contributed by atoms with Crippen LogP contribution in [0.5, 0.6) is 0 Å². The molecule has 1 fully saturated rings. The Balaban J connectivity index is 2.61. The Morgan fingerprint density at radius 3 is 2.57 bits per heavy atom. The normalized spacial score (nSPS) is 23.4. The second-order valence-electron chi connectivity index (χ2n) is 6.04. The Labute approximate surface area is 123 Å². The highest BCUT2D eigenvalue weighted by molar-refractivity contribution is 5.84. The molecule has 0 spiro atoms. The molecule has 2 atom stereocenters. The molecule has 8 heteroatoms. The Kier molecular flexibility index (Phi) is 5.54. The Morgan fingerprint density at radius 2 is 2.05 bits per heavy atom. The van der Waals surface area contributed by atoms with E-state index in [2.05, 4.69) is 5.32 Å². The number of nitrogens with zero attached hydrogens (tertiary/aromatic N) is 1. The zero-order valence-corrected chi connectivity index (χ0v) is 12.5. The number of aliphatic hydroxyl groups excluding tert-OH is 1. The first kappa shape index (κ1) is 17.2. The third-order valence-corrected chi connectivity index (χ3v) is 2.90. The van der Waals surface area contributed by atoms with Crippen LogP contribution < -0.4 is 5.32 Å². The van der Waals surface area contributed by atoms with Crippen molar-refractivity contribution in [3.05, 3.63) is 0 Å². The summed E-state index contributed by atoms with van der Waals surface area (Å²) in [6.45, 7) is 4.88. The molecule has 3 N–H and O–H groups in total. The van der Waals surface area contributed by atoms with Crippen molar-refractivity contribution in [2.24, 2.45) is 0 Å². The lowest BCUT2D eigenvalue weighted by atomic mass is 10.1. The van der Waals surface area contributed by atoms with Gasteiger partial charge in [0.05, 0.1) is 0 Å². The number of rotatable bonds is 3. The molecule has 2 amide bonds. The quantitative estimate of drug-likeness (QED) is 0.673. The molecule has 0 aromatic rings. The molecule has 0 unspecified atom stereocenters. The van der Waals surface area contributed by atoms with E-state index in [4.69, 9.17) is 9.84 Å². The molecule has 1 saturated heterocycles. The van der Waals surface area contributed by atoms with Crippen LogP contribution in [0.15, 0.2) is 0 Å². The van der Waals surface area contributed by atoms with Crippen LogP contribution in [0, 0.1) is 0 Å². The highest BCUT2D eigenvalue weighted by atomic mass is 16.6. The number of carbonyl (C=O) groups is 3. The van der Waals surface area contributed by atoms with Gasteiger partial charge in [0.2, 0.25) is 0 Å². The largest absolute Gasteiger partial charge is 0.480 e. The highest BCUT2D eigenvalue weighted by Crippen LogP contribution is 2.14. The van der Waals surface area contributed by atoms with Crippen LogP contribution in [-0.4, -0.2) is 63.9 Å². The molecule has 1 aliphatic heterocycles. The molecule has 0 saturated carbocycles. The van der Waals surface area contributed by atoms with Crippen molar-refractivity contribution >= 4 is 18.0 Å². The lowest BCUT2D eigenvalue weighted by Gasteiger charge is -2.23. The lowest BCUT2D eigenvalue weighted by Crippen LogP contribution is -2.41. The lowest BCUT2D eigenvalue weighted by molar-refractivity contribution is -0.148. The minimum Gasteiger partial charge on any atom is -0.480 e. The Morgan fingerprint density at radius 1 is 1.43 bits per heavy atom. The molecular weight excluding hydrogens is 280 g/mol. The summed E-state index contributed by atoms with van der Waals surface area (Å²) >= 11 is 0. The van der Waals surface area contributed by atoms with Crippen molar-refractivity contribution in [3.8, 4) is 0 Å². The van der Waals surface area contributed by atoms with Crippen LogP contribution in [-0.2, 0) is 14.3 Å². The summed E-state index contributed by atoms with van der Waals surface area (Å²) in [7, 11) is 0. The summed E-state index contributed by atoms with van der Waals surface area (Å²) in [6.07, 6.45) is -1.56. The second-order valence-corrected chi connectivity index (χ2v) is 6.04. The van der Waals surface area contributed by atoms with E-state index in [1.165, 1.54) is 0 Å². The highest BCUT2D eigenvalue weighted by Gasteiger charge is 2.32. The Bertz CT molecular complexity index is 417. The second kappa shape index (κ2) is 6.75. The molecule has 1 rings (SSSR count). The third-order valence-electron chi connectivity index (χ3n) is 2.90. The van der Waals surface area contributed by atoms with Gasteiger partial charge in [-0.25, -0.2) is 4.79 Å². The van der Waals surface area contributed by atoms with Crippen LogP contribution in [0.2, 0.25) is 0 Å². The molecule has 21 heavy (non-hydrogen) atoms. The van der Waals surface area contributed by atoms with Gasteiger partial charge in [0.15, 0.2) is 0 Å². The van der Waals surface area contributed by atoms with Gasteiger partial charge in [-0.1, -0.05) is 0 Å². The maximum atomic E-state index is 11.8. The van der Waals surface area contributed by atoms with Crippen molar-refractivity contribution in [2.45, 2.75) is 51.4 Å². The SMILES string of the molecule is CC(C)(C)OC(=O)N[C@@H]1CCN(CC(=O)O)C(=O)[C@H](O)C1. The van der Waals surface area contributed by atoms with E-state index in [1.54, 1.807) is 20.8 Å². The van der Waals surface area contributed by atoms with Crippen molar-refractivity contribution in [1.29, 1.82) is 0 Å². The minimum atomic E-state index is -1.33. The number of amides is 2. The number of carbonyl (C=O) groups excluding carboxylic acids is 2. The number of nitrogens with one attached hydrogen (secondary N) is 1. The number of alkyl carbamates (subject to hydrolysis) is 1. The average molecular weight is 302 g/mol. The smallest absolute Gasteiger partial charge is 0.407 e. The topological polar surface area (TPSA) is 116 Å². The first-order chi connectivity index (χ1) is 9.58. The third kappa shape index (κ3) is 5.99. The minimum absolute atomic E-state index is 0.0359. The van der Waals surface area contributed by atoms with Gasteiger partial charge < -0.3 is 25.2 Å². The first-order valence-corrected chi connectivity index (χ1v) is 6.76. The predicted molar refractivity (Wildman–Crippen MR) is 72.6 cm³/mol. The zero-order chi connectivity index (χ0) is 16.2. The summed E-state index contributed by atoms with van der Waals surface area (Å²) in [5.74, 6) is -1.78. The number of hydrogen-bond donors (Lipinski definition) is 3. The number of aliphatic hydroxyl groups is 1. The van der Waals surface area contributed by atoms with E-state index < -0.39 is 42.3 Å². The Hall–Kier alpha value is -1.83. The number of carboxylic acids is 1. The molecule has 1 aliphatic rings. The van der Waals surface area contributed by atoms with Gasteiger partial charge in [-0.15, -0.1) is 0 Å². The summed E-state index contributed by atoms with van der Waals surface area (Å²) in [5.41, 5.74) is -0.640. The molecular formula is C13H22N2O6. The van der Waals surface area contributed by atoms with Gasteiger partial charge >= 0.3 is 12.1 Å². The summed E-state index contributed by atoms with van der Waals surface area (Å²) in [5, 5.41) is 21.1. The maximum Gasteiger partial charge on any atom is 0.407 e. The van der Waals surface area contributed by atoms with Crippen LogP contribution in [0.3, 0.4) is 0 Å². The van der Waals surface area contributed by atoms with Gasteiger partial charge in [0.1, 0.15) is 18.2 Å². The number of carboxylic acid groups (broad SMARTS) is 1. The van der Waals surface area contributed by atoms with Crippen LogP contribution in [0.1, 0.15) is 33.6 Å². The van der Waals surface area contributed by atoms with Crippen molar-refractivity contribution in [3.63, 3.8) is 0 Å². The van der Waals surface area contributed by atoms with E-state index in [9.17, 15) is 19.5 Å². The van der Waals surface area contributed by atoms with E-state index >= 15 is 0 Å². The predicted octanol–water partition coefficient (Wildman–Crippen LogP) is -0.0524. The first-order valence-electron chi connectivity index (χ1n) is 6.76. The summed E-state index contributed by atoms with van der Waals surface area (Å²) in [4.78, 5) is 35.2. The van der Waals surface area contributed by atoms with Gasteiger partial charge in [-0.05, 0) is 27.2 Å². The summed E-state index contributed by atoms with van der Waals surface area (Å²) < 4.78 is 5.11. The van der Waals surface area contributed by atoms with E-state index in [1.807, 2.05) is 0 Å². The molecule has 0 radical (unpaired) electrons. The van der Waals surface area contributed by atoms with E-state index in [0.717, 1.165) is 4.90 Å². The number of ether oxygens (including phenoxy) is 1. The fraction of sp³-hybridized carbons (Fsp3) is 0.769. The number of hydrogen-bond acceptors (Lipinski definition) is 5. The standard InChI is InChI=1S/C13H22N2O6/c1-13(2,3)21-12(20)14-8-4-5-15(7-10(17)18)11(19)9(16)6-8/h8-9,16H,4-7H2,1-3H3,(H,14,20)(H,17,18)/t8-,9-/m1/s1. The van der Waals surface area contributed by atoms with E-state index in [-0.39, 0.29) is 13.0 Å². The average Bonchev–Trinajstić information content (AvgIpc) is 2.40. The van der Waals surface area contributed by atoms with Crippen molar-refractivity contribution in [1.82, 2.24) is 10.2 Å². The molecule has 1 heterocycles. The molecule has 120 valence electrons. The monoisotopic (exact) mass is 302 g/mol. The molecule has 8 nitrogen and oxygen atoms in total. The number of likely N-dealkylation sites (tertiary alicyclic amines) is 1.